The zero-order valence-electron chi connectivity index (χ0n) is 18.0. The van der Waals surface area contributed by atoms with Gasteiger partial charge >= 0.3 is 0 Å². The molecule has 8 nitrogen and oxygen atoms in total. The van der Waals surface area contributed by atoms with Crippen molar-refractivity contribution in [3.8, 4) is 0 Å². The van der Waals surface area contributed by atoms with Gasteiger partial charge in [-0.15, -0.1) is 0 Å². The zero-order valence-corrected chi connectivity index (χ0v) is 18.0. The Kier molecular flexibility index (Phi) is 6.96. The highest BCUT2D eigenvalue weighted by Gasteiger charge is 2.09. The van der Waals surface area contributed by atoms with E-state index >= 15 is 0 Å². The van der Waals surface area contributed by atoms with Gasteiger partial charge in [0.05, 0.1) is 11.3 Å². The molecule has 4 N–H and O–H groups in total. The van der Waals surface area contributed by atoms with Gasteiger partial charge < -0.3 is 16.0 Å². The topological polar surface area (TPSA) is 127 Å². The number of nitrogens with two attached hydrogens (primary N) is 1. The van der Waals surface area contributed by atoms with Crippen LogP contribution in [-0.4, -0.2) is 25.8 Å². The maximum atomic E-state index is 12.6. The average Bonchev–Trinajstić information content (AvgIpc) is 2.85. The molecule has 0 aliphatic carbocycles. The van der Waals surface area contributed by atoms with Gasteiger partial charge in [-0.3, -0.25) is 24.5 Å². The summed E-state index contributed by atoms with van der Waals surface area (Å²) in [6, 6.07) is 13.1. The number of nitrogens with zero attached hydrogens (tertiary/aromatic N) is 3. The van der Waals surface area contributed by atoms with Crippen molar-refractivity contribution >= 4 is 5.91 Å². The van der Waals surface area contributed by atoms with Gasteiger partial charge in [-0.25, -0.2) is 0 Å². The minimum absolute atomic E-state index is 0.103. The van der Waals surface area contributed by atoms with Crippen LogP contribution < -0.4 is 16.6 Å². The van der Waals surface area contributed by atoms with E-state index in [1.54, 1.807) is 43.1 Å². The van der Waals surface area contributed by atoms with E-state index < -0.39 is 0 Å². The minimum atomic E-state index is -0.200. The molecule has 4 aromatic rings. The van der Waals surface area contributed by atoms with Gasteiger partial charge in [0.1, 0.15) is 0 Å². The van der Waals surface area contributed by atoms with E-state index in [1.165, 1.54) is 0 Å². The van der Waals surface area contributed by atoms with Gasteiger partial charge in [0, 0.05) is 68.2 Å². The summed E-state index contributed by atoms with van der Waals surface area (Å²) in [6.07, 6.45) is 9.47. The summed E-state index contributed by atoms with van der Waals surface area (Å²) in [5.74, 6) is -0.200. The van der Waals surface area contributed by atoms with E-state index in [-0.39, 0.29) is 11.5 Å². The number of H-pyrrole nitrogens is 1. The first kappa shape index (κ1) is 22.0. The van der Waals surface area contributed by atoms with Crippen molar-refractivity contribution in [1.29, 1.82) is 0 Å². The maximum absolute atomic E-state index is 12.6. The Morgan fingerprint density at radius 2 is 1.70 bits per heavy atom. The molecule has 0 fully saturated rings. The fourth-order valence-corrected chi connectivity index (χ4v) is 3.36. The van der Waals surface area contributed by atoms with Crippen LogP contribution >= 0.6 is 0 Å². The first-order valence-corrected chi connectivity index (χ1v) is 10.6. The number of rotatable bonds is 8. The summed E-state index contributed by atoms with van der Waals surface area (Å²) in [5, 5.41) is 2.89. The van der Waals surface area contributed by atoms with Crippen molar-refractivity contribution in [2.24, 2.45) is 5.73 Å². The van der Waals surface area contributed by atoms with Gasteiger partial charge in [0.2, 0.25) is 0 Å². The van der Waals surface area contributed by atoms with E-state index in [4.69, 9.17) is 5.73 Å². The molecule has 0 saturated heterocycles. The molecule has 0 aliphatic rings. The average molecular weight is 441 g/mol. The molecule has 8 heteroatoms. The van der Waals surface area contributed by atoms with E-state index in [0.29, 0.717) is 37.1 Å². The summed E-state index contributed by atoms with van der Waals surface area (Å²) in [5.41, 5.74) is 11.0. The molecule has 0 spiro atoms. The smallest absolute Gasteiger partial charge is 0.253 e. The van der Waals surface area contributed by atoms with Crippen molar-refractivity contribution in [1.82, 2.24) is 25.3 Å². The second kappa shape index (κ2) is 10.4. The van der Waals surface area contributed by atoms with Gasteiger partial charge in [0.15, 0.2) is 0 Å². The van der Waals surface area contributed by atoms with Crippen molar-refractivity contribution < 1.29 is 4.79 Å². The number of aromatic amines is 1. The number of amides is 1. The van der Waals surface area contributed by atoms with Crippen LogP contribution in [0.5, 0.6) is 0 Å². The molecule has 0 radical (unpaired) electrons. The Hall–Kier alpha value is -4.17. The lowest BCUT2D eigenvalue weighted by Gasteiger charge is -2.08. The zero-order chi connectivity index (χ0) is 23.0. The van der Waals surface area contributed by atoms with Crippen molar-refractivity contribution in [2.75, 3.05) is 0 Å². The highest BCUT2D eigenvalue weighted by Crippen LogP contribution is 2.12. The predicted molar refractivity (Wildman–Crippen MR) is 124 cm³/mol. The molecule has 166 valence electrons. The number of pyridine rings is 4. The van der Waals surface area contributed by atoms with Crippen LogP contribution in [0.2, 0.25) is 0 Å². The molecule has 0 atom stereocenters. The lowest BCUT2D eigenvalue weighted by molar-refractivity contribution is 0.0950. The van der Waals surface area contributed by atoms with E-state index in [1.807, 2.05) is 30.3 Å². The molecule has 4 aromatic heterocycles. The minimum Gasteiger partial charge on any atom is -0.348 e. The lowest BCUT2D eigenvalue weighted by atomic mass is 10.1. The number of aromatic nitrogens is 4. The molecule has 4 rings (SSSR count). The number of nitrogens with one attached hydrogen (secondary N) is 2. The van der Waals surface area contributed by atoms with Gasteiger partial charge in [0.25, 0.3) is 11.5 Å². The Morgan fingerprint density at radius 3 is 2.42 bits per heavy atom. The maximum Gasteiger partial charge on any atom is 0.253 e. The normalized spacial score (nSPS) is 10.7. The molecule has 33 heavy (non-hydrogen) atoms. The Balaban J connectivity index is 1.36. The van der Waals surface area contributed by atoms with Crippen molar-refractivity contribution in [2.45, 2.75) is 25.9 Å². The SMILES string of the molecule is NCc1ccc(CNC(=O)c2cncc(Cc3ccc(Cc4ccc[nH]c4=O)nc3)c2)cn1. The van der Waals surface area contributed by atoms with Crippen molar-refractivity contribution in [3.63, 3.8) is 0 Å². The molecular formula is C25H24N6O2. The van der Waals surface area contributed by atoms with Crippen LogP contribution in [0.25, 0.3) is 0 Å². The molecule has 1 amide bonds. The first-order valence-electron chi connectivity index (χ1n) is 10.6. The van der Waals surface area contributed by atoms with E-state index in [2.05, 4.69) is 25.3 Å². The predicted octanol–water partition coefficient (Wildman–Crippen LogP) is 2.13. The van der Waals surface area contributed by atoms with Crippen LogP contribution in [-0.2, 0) is 25.9 Å². The Labute approximate surface area is 191 Å². The largest absolute Gasteiger partial charge is 0.348 e. The molecule has 4 heterocycles. The molecule has 0 bridgehead atoms. The van der Waals surface area contributed by atoms with Crippen molar-refractivity contribution in [3.05, 3.63) is 123 Å². The Bertz CT molecular complexity index is 1280. The van der Waals surface area contributed by atoms with E-state index in [0.717, 1.165) is 28.1 Å². The second-order valence-corrected chi connectivity index (χ2v) is 7.66. The third-order valence-corrected chi connectivity index (χ3v) is 5.17. The third-order valence-electron chi connectivity index (χ3n) is 5.17. The summed E-state index contributed by atoms with van der Waals surface area (Å²) in [6.45, 7) is 0.757. The number of hydrogen-bond donors (Lipinski definition) is 3. The van der Waals surface area contributed by atoms with Gasteiger partial charge in [-0.05, 0) is 41.0 Å². The van der Waals surface area contributed by atoms with Gasteiger partial charge in [-0.1, -0.05) is 18.2 Å². The number of carbonyl (C=O) groups excluding carboxylic acids is 1. The van der Waals surface area contributed by atoms with Crippen LogP contribution in [0.4, 0.5) is 0 Å². The summed E-state index contributed by atoms with van der Waals surface area (Å²) in [4.78, 5) is 40.0. The number of hydrogen-bond acceptors (Lipinski definition) is 6. The Morgan fingerprint density at radius 1 is 0.909 bits per heavy atom. The quantitative estimate of drug-likeness (QED) is 0.385. The van der Waals surface area contributed by atoms with E-state index in [9.17, 15) is 9.59 Å². The number of carbonyl (C=O) groups is 1. The summed E-state index contributed by atoms with van der Waals surface area (Å²) < 4.78 is 0. The molecular weight excluding hydrogens is 416 g/mol. The van der Waals surface area contributed by atoms with Crippen LogP contribution in [0.3, 0.4) is 0 Å². The molecule has 0 aliphatic heterocycles. The van der Waals surface area contributed by atoms with Gasteiger partial charge in [-0.2, -0.15) is 0 Å². The molecule has 0 aromatic carbocycles. The molecule has 0 unspecified atom stereocenters. The molecule has 0 saturated carbocycles. The van der Waals surface area contributed by atoms with Crippen LogP contribution in [0.1, 0.15) is 44.0 Å². The summed E-state index contributed by atoms with van der Waals surface area (Å²) in [7, 11) is 0. The van der Waals surface area contributed by atoms with Crippen LogP contribution in [0.15, 0.2) is 78.2 Å². The third kappa shape index (κ3) is 5.96. The summed E-state index contributed by atoms with van der Waals surface area (Å²) >= 11 is 0. The fraction of sp³-hybridized carbons (Fsp3) is 0.160. The van der Waals surface area contributed by atoms with Crippen LogP contribution in [0, 0.1) is 0 Å². The first-order chi connectivity index (χ1) is 16.1. The highest BCUT2D eigenvalue weighted by atomic mass is 16.1. The standard InChI is InChI=1S/C25H24N6O2/c26-11-23-6-4-18(14-30-23)15-31-25(33)21-9-19(12-27-16-21)8-17-3-5-22(29-13-17)10-20-2-1-7-28-24(20)32/h1-7,9,12-14,16H,8,10-11,15,26H2,(H,28,32)(H,31,33). The highest BCUT2D eigenvalue weighted by molar-refractivity contribution is 5.94. The fourth-order valence-electron chi connectivity index (χ4n) is 3.36. The monoisotopic (exact) mass is 440 g/mol. The lowest BCUT2D eigenvalue weighted by Crippen LogP contribution is -2.23. The second-order valence-electron chi connectivity index (χ2n) is 7.66.